The Hall–Kier alpha value is -3.23. The molecule has 0 bridgehead atoms. The summed E-state index contributed by atoms with van der Waals surface area (Å²) in [5.74, 6) is -0.344. The number of aromatic amines is 1. The molecule has 3 rings (SSSR count). The van der Waals surface area contributed by atoms with Crippen molar-refractivity contribution in [3.63, 3.8) is 0 Å². The average Bonchev–Trinajstić information content (AvgIpc) is 3.24. The van der Waals surface area contributed by atoms with Crippen molar-refractivity contribution in [3.05, 3.63) is 53.0 Å². The monoisotopic (exact) mass is 403 g/mol. The highest BCUT2D eigenvalue weighted by atomic mass is 19.3. The van der Waals surface area contributed by atoms with Gasteiger partial charge in [-0.25, -0.2) is 0 Å². The summed E-state index contributed by atoms with van der Waals surface area (Å²) in [7, 11) is 1.84. The lowest BCUT2D eigenvalue weighted by molar-refractivity contribution is -0.0506. The number of carbonyl (C=O) groups is 1. The van der Waals surface area contributed by atoms with Gasteiger partial charge in [0.1, 0.15) is 11.4 Å². The van der Waals surface area contributed by atoms with Crippen LogP contribution in [-0.4, -0.2) is 32.5 Å². The predicted molar refractivity (Wildman–Crippen MR) is 104 cm³/mol. The number of ether oxygens (including phenoxy) is 1. The van der Waals surface area contributed by atoms with Crippen LogP contribution in [0.25, 0.3) is 11.3 Å². The van der Waals surface area contributed by atoms with Crippen molar-refractivity contribution in [2.45, 2.75) is 39.8 Å². The lowest BCUT2D eigenvalue weighted by atomic mass is 10.0. The van der Waals surface area contributed by atoms with Gasteiger partial charge in [-0.1, -0.05) is 25.1 Å². The Bertz CT molecular complexity index is 1010. The highest BCUT2D eigenvalue weighted by molar-refractivity contribution is 5.93. The van der Waals surface area contributed by atoms with Gasteiger partial charge in [0.25, 0.3) is 5.91 Å². The predicted octanol–water partition coefficient (Wildman–Crippen LogP) is 3.91. The van der Waals surface area contributed by atoms with Gasteiger partial charge in [0.05, 0.1) is 17.4 Å². The fourth-order valence-corrected chi connectivity index (χ4v) is 3.32. The summed E-state index contributed by atoms with van der Waals surface area (Å²) in [6.45, 7) is 2.72. The molecule has 0 aliphatic rings. The quantitative estimate of drug-likeness (QED) is 0.626. The maximum Gasteiger partial charge on any atom is 0.387 e. The first-order valence-corrected chi connectivity index (χ1v) is 9.22. The maximum absolute atomic E-state index is 12.7. The molecular formula is C20H23F2N5O2. The summed E-state index contributed by atoms with van der Waals surface area (Å²) < 4.78 is 31.7. The molecule has 0 saturated heterocycles. The first-order chi connectivity index (χ1) is 13.8. The Morgan fingerprint density at radius 1 is 1.31 bits per heavy atom. The SMILES string of the molecule is CCC(NC(=O)c1cc(-c2c(C)nn(C)c2C)n[nH]1)c1ccccc1OC(F)F. The van der Waals surface area contributed by atoms with E-state index in [2.05, 4.69) is 25.3 Å². The second-order valence-electron chi connectivity index (χ2n) is 6.69. The van der Waals surface area contributed by atoms with Gasteiger partial charge in [0, 0.05) is 23.9 Å². The first-order valence-electron chi connectivity index (χ1n) is 9.22. The molecule has 0 aliphatic carbocycles. The highest BCUT2D eigenvalue weighted by Gasteiger charge is 2.22. The van der Waals surface area contributed by atoms with Gasteiger partial charge >= 0.3 is 6.61 Å². The van der Waals surface area contributed by atoms with Crippen LogP contribution in [-0.2, 0) is 7.05 Å². The lowest BCUT2D eigenvalue weighted by Crippen LogP contribution is -2.29. The van der Waals surface area contributed by atoms with Crippen LogP contribution in [0.5, 0.6) is 5.75 Å². The molecule has 3 aromatic rings. The average molecular weight is 403 g/mol. The zero-order valence-corrected chi connectivity index (χ0v) is 16.7. The molecule has 29 heavy (non-hydrogen) atoms. The standard InChI is InChI=1S/C20H23F2N5O2/c1-5-14(13-8-6-7-9-17(13)29-20(21)22)23-19(28)16-10-15(24-25-16)18-11(2)26-27(4)12(18)3/h6-10,14,20H,5H2,1-4H3,(H,23,28)(H,24,25). The molecule has 9 heteroatoms. The molecule has 154 valence electrons. The Labute approximate surface area is 167 Å². The van der Waals surface area contributed by atoms with E-state index in [1.165, 1.54) is 6.07 Å². The molecule has 2 heterocycles. The minimum atomic E-state index is -2.94. The molecule has 7 nitrogen and oxygen atoms in total. The van der Waals surface area contributed by atoms with Crippen LogP contribution in [0.4, 0.5) is 8.78 Å². The third kappa shape index (κ3) is 4.28. The summed E-state index contributed by atoms with van der Waals surface area (Å²) >= 11 is 0. The van der Waals surface area contributed by atoms with Gasteiger partial charge < -0.3 is 10.1 Å². The van der Waals surface area contributed by atoms with E-state index < -0.39 is 12.7 Å². The van der Waals surface area contributed by atoms with Gasteiger partial charge in [-0.15, -0.1) is 0 Å². The molecule has 2 aromatic heterocycles. The number of para-hydroxylation sites is 1. The smallest absolute Gasteiger partial charge is 0.387 e. The number of amides is 1. The van der Waals surface area contributed by atoms with Crippen molar-refractivity contribution >= 4 is 5.91 Å². The van der Waals surface area contributed by atoms with Gasteiger partial charge in [-0.05, 0) is 32.4 Å². The van der Waals surface area contributed by atoms with Crippen LogP contribution in [0, 0.1) is 13.8 Å². The highest BCUT2D eigenvalue weighted by Crippen LogP contribution is 2.29. The number of hydrogen-bond donors (Lipinski definition) is 2. The van der Waals surface area contributed by atoms with E-state index in [0.29, 0.717) is 17.7 Å². The van der Waals surface area contributed by atoms with Crippen molar-refractivity contribution in [2.75, 3.05) is 0 Å². The number of benzene rings is 1. The fraction of sp³-hybridized carbons (Fsp3) is 0.350. The molecule has 1 aromatic carbocycles. The third-order valence-electron chi connectivity index (χ3n) is 4.81. The normalized spacial score (nSPS) is 12.2. The maximum atomic E-state index is 12.7. The number of alkyl halides is 2. The zero-order chi connectivity index (χ0) is 21.1. The van der Waals surface area contributed by atoms with E-state index in [9.17, 15) is 13.6 Å². The van der Waals surface area contributed by atoms with E-state index in [4.69, 9.17) is 0 Å². The number of aromatic nitrogens is 4. The van der Waals surface area contributed by atoms with Gasteiger partial charge in [0.15, 0.2) is 0 Å². The van der Waals surface area contributed by atoms with E-state index in [1.807, 2.05) is 27.8 Å². The van der Waals surface area contributed by atoms with Crippen LogP contribution in [0.3, 0.4) is 0 Å². The number of nitrogens with one attached hydrogen (secondary N) is 2. The molecule has 0 aliphatic heterocycles. The lowest BCUT2D eigenvalue weighted by Gasteiger charge is -2.20. The first kappa shape index (κ1) is 20.5. The Balaban J connectivity index is 1.82. The summed E-state index contributed by atoms with van der Waals surface area (Å²) in [6.07, 6.45) is 0.497. The van der Waals surface area contributed by atoms with E-state index in [0.717, 1.165) is 17.0 Å². The van der Waals surface area contributed by atoms with Crippen molar-refractivity contribution in [2.24, 2.45) is 7.05 Å². The fourth-order valence-electron chi connectivity index (χ4n) is 3.32. The van der Waals surface area contributed by atoms with E-state index in [1.54, 1.807) is 28.9 Å². The molecule has 0 fully saturated rings. The van der Waals surface area contributed by atoms with Crippen LogP contribution in [0.15, 0.2) is 30.3 Å². The number of rotatable bonds is 7. The van der Waals surface area contributed by atoms with Crippen molar-refractivity contribution in [1.29, 1.82) is 0 Å². The summed E-state index contributed by atoms with van der Waals surface area (Å²) in [5.41, 5.74) is 3.99. The molecule has 0 saturated carbocycles. The molecule has 1 atom stereocenters. The number of halogens is 2. The number of carbonyl (C=O) groups excluding carboxylic acids is 1. The molecule has 0 spiro atoms. The van der Waals surface area contributed by atoms with Crippen LogP contribution >= 0.6 is 0 Å². The number of H-pyrrole nitrogens is 1. The largest absolute Gasteiger partial charge is 0.434 e. The second-order valence-corrected chi connectivity index (χ2v) is 6.69. The molecule has 2 N–H and O–H groups in total. The van der Waals surface area contributed by atoms with Crippen LogP contribution < -0.4 is 10.1 Å². The van der Waals surface area contributed by atoms with Crippen molar-refractivity contribution < 1.29 is 18.3 Å². The second kappa shape index (κ2) is 8.42. The van der Waals surface area contributed by atoms with Gasteiger partial charge in [-0.2, -0.15) is 19.0 Å². The molecular weight excluding hydrogens is 380 g/mol. The van der Waals surface area contributed by atoms with Gasteiger partial charge in [-0.3, -0.25) is 14.6 Å². The van der Waals surface area contributed by atoms with E-state index in [-0.39, 0.29) is 17.4 Å². The molecule has 1 unspecified atom stereocenters. The summed E-state index contributed by atoms with van der Waals surface area (Å²) in [4.78, 5) is 12.7. The Morgan fingerprint density at radius 2 is 2.03 bits per heavy atom. The number of hydrogen-bond acceptors (Lipinski definition) is 4. The zero-order valence-electron chi connectivity index (χ0n) is 16.7. The van der Waals surface area contributed by atoms with Crippen LogP contribution in [0.1, 0.15) is 46.8 Å². The minimum absolute atomic E-state index is 0.0431. The van der Waals surface area contributed by atoms with Crippen molar-refractivity contribution in [1.82, 2.24) is 25.3 Å². The number of nitrogens with zero attached hydrogens (tertiary/aromatic N) is 3. The summed E-state index contributed by atoms with van der Waals surface area (Å²) in [5, 5.41) is 14.2. The number of aryl methyl sites for hydroxylation is 2. The summed E-state index contributed by atoms with van der Waals surface area (Å²) in [6, 6.07) is 7.60. The minimum Gasteiger partial charge on any atom is -0.434 e. The van der Waals surface area contributed by atoms with Crippen LogP contribution in [0.2, 0.25) is 0 Å². The molecule has 1 amide bonds. The van der Waals surface area contributed by atoms with Crippen molar-refractivity contribution in [3.8, 4) is 17.0 Å². The van der Waals surface area contributed by atoms with Gasteiger partial charge in [0.2, 0.25) is 0 Å². The Morgan fingerprint density at radius 3 is 2.66 bits per heavy atom. The Kier molecular flexibility index (Phi) is 5.95. The van der Waals surface area contributed by atoms with E-state index >= 15 is 0 Å². The molecule has 0 radical (unpaired) electrons. The third-order valence-corrected chi connectivity index (χ3v) is 4.81. The topological polar surface area (TPSA) is 84.8 Å².